The third-order valence-corrected chi connectivity index (χ3v) is 1.54. The number of nitrogens with two attached hydrogens (primary N) is 1. The van der Waals surface area contributed by atoms with E-state index in [1.807, 2.05) is 0 Å². The number of hydrogen-bond acceptors (Lipinski definition) is 3. The molecule has 1 rings (SSSR count). The summed E-state index contributed by atoms with van der Waals surface area (Å²) < 4.78 is 0. The highest BCUT2D eigenvalue weighted by Crippen LogP contribution is 1.93. The van der Waals surface area contributed by atoms with Gasteiger partial charge in [-0.3, -0.25) is 4.79 Å². The minimum absolute atomic E-state index is 0.0789. The molecule has 0 saturated carbocycles. The van der Waals surface area contributed by atoms with Gasteiger partial charge in [0.05, 0.1) is 6.04 Å². The zero-order valence-corrected chi connectivity index (χ0v) is 5.13. The smallest absolute Gasteiger partial charge is 0.207 e. The van der Waals surface area contributed by atoms with E-state index < -0.39 is 0 Å². The van der Waals surface area contributed by atoms with E-state index in [9.17, 15) is 4.79 Å². The lowest BCUT2D eigenvalue weighted by molar-refractivity contribution is -0.110. The van der Waals surface area contributed by atoms with E-state index in [1.165, 1.54) is 0 Å². The molecule has 9 heavy (non-hydrogen) atoms. The molecular weight excluding hydrogens is 118 g/mol. The first-order valence-electron chi connectivity index (χ1n) is 3.00. The lowest BCUT2D eigenvalue weighted by Crippen LogP contribution is -2.43. The van der Waals surface area contributed by atoms with Crippen LogP contribution in [-0.4, -0.2) is 31.6 Å². The predicted octanol–water partition coefficient (Wildman–Crippen LogP) is -1.97. The third kappa shape index (κ3) is 1.40. The molecular formula is C5H11N3O. The Hall–Kier alpha value is -0.610. The van der Waals surface area contributed by atoms with Gasteiger partial charge >= 0.3 is 0 Å². The lowest BCUT2D eigenvalue weighted by Gasteiger charge is -2.11. The van der Waals surface area contributed by atoms with Crippen LogP contribution in [0.4, 0.5) is 0 Å². The third-order valence-electron chi connectivity index (χ3n) is 1.54. The van der Waals surface area contributed by atoms with E-state index in [1.54, 1.807) is 0 Å². The molecule has 1 aliphatic rings. The van der Waals surface area contributed by atoms with E-state index in [0.29, 0.717) is 6.41 Å². The van der Waals surface area contributed by atoms with Crippen LogP contribution in [0.3, 0.4) is 0 Å². The van der Waals surface area contributed by atoms with Crippen LogP contribution in [0.15, 0.2) is 0 Å². The van der Waals surface area contributed by atoms with Gasteiger partial charge in [-0.05, 0) is 0 Å². The van der Waals surface area contributed by atoms with Crippen molar-refractivity contribution in [3.05, 3.63) is 0 Å². The Balaban J connectivity index is 2.30. The Morgan fingerprint density at radius 3 is 2.89 bits per heavy atom. The monoisotopic (exact) mass is 129 g/mol. The molecule has 0 bridgehead atoms. The van der Waals surface area contributed by atoms with Crippen LogP contribution >= 0.6 is 0 Å². The van der Waals surface area contributed by atoms with Gasteiger partial charge in [0.15, 0.2) is 0 Å². The van der Waals surface area contributed by atoms with Crippen LogP contribution in [0.25, 0.3) is 0 Å². The van der Waals surface area contributed by atoms with Gasteiger partial charge in [0.1, 0.15) is 0 Å². The molecule has 0 radical (unpaired) electrons. The van der Waals surface area contributed by atoms with Gasteiger partial charge in [0.25, 0.3) is 0 Å². The van der Waals surface area contributed by atoms with Gasteiger partial charge < -0.3 is 16.4 Å². The molecule has 1 saturated heterocycles. The fourth-order valence-electron chi connectivity index (χ4n) is 0.969. The number of carbonyl (C=O) groups excluding carboxylic acids is 1. The molecule has 0 aromatic rings. The topological polar surface area (TPSA) is 67.2 Å². The quantitative estimate of drug-likeness (QED) is 0.379. The van der Waals surface area contributed by atoms with Crippen LogP contribution in [0.5, 0.6) is 0 Å². The zero-order chi connectivity index (χ0) is 6.69. The van der Waals surface area contributed by atoms with Crippen molar-refractivity contribution in [3.63, 3.8) is 0 Å². The van der Waals surface area contributed by atoms with E-state index in [-0.39, 0.29) is 12.1 Å². The standard InChI is InChI=1S/C5H11N3O/c6-4-1-7-2-5(4)8-3-9/h3-5,7H,1-2,6H2,(H,8,9). The van der Waals surface area contributed by atoms with Crippen LogP contribution in [0, 0.1) is 0 Å². The second kappa shape index (κ2) is 2.80. The molecule has 0 aliphatic carbocycles. The normalized spacial score (nSPS) is 34.3. The van der Waals surface area contributed by atoms with Crippen LogP contribution in [0.2, 0.25) is 0 Å². The van der Waals surface area contributed by atoms with Gasteiger partial charge in [0, 0.05) is 19.1 Å². The van der Waals surface area contributed by atoms with Crippen LogP contribution in [0.1, 0.15) is 0 Å². The molecule has 2 atom stereocenters. The summed E-state index contributed by atoms with van der Waals surface area (Å²) in [7, 11) is 0. The number of amides is 1. The molecule has 1 aliphatic heterocycles. The van der Waals surface area contributed by atoms with Crippen molar-refractivity contribution in [2.24, 2.45) is 5.73 Å². The maximum Gasteiger partial charge on any atom is 0.207 e. The molecule has 4 heteroatoms. The fourth-order valence-corrected chi connectivity index (χ4v) is 0.969. The number of hydrogen-bond donors (Lipinski definition) is 3. The SMILES string of the molecule is NC1CNCC1NC=O. The van der Waals surface area contributed by atoms with Gasteiger partial charge in [0.2, 0.25) is 6.41 Å². The number of nitrogens with one attached hydrogen (secondary N) is 2. The Morgan fingerprint density at radius 2 is 2.44 bits per heavy atom. The molecule has 4 nitrogen and oxygen atoms in total. The maximum absolute atomic E-state index is 9.91. The van der Waals surface area contributed by atoms with Gasteiger partial charge in [-0.25, -0.2) is 0 Å². The molecule has 1 fully saturated rings. The highest BCUT2D eigenvalue weighted by atomic mass is 16.1. The predicted molar refractivity (Wildman–Crippen MR) is 33.8 cm³/mol. The molecule has 2 unspecified atom stereocenters. The summed E-state index contributed by atoms with van der Waals surface area (Å²) in [6.07, 6.45) is 0.692. The van der Waals surface area contributed by atoms with Crippen molar-refractivity contribution >= 4 is 6.41 Å². The van der Waals surface area contributed by atoms with Gasteiger partial charge in [-0.15, -0.1) is 0 Å². The molecule has 1 heterocycles. The summed E-state index contributed by atoms with van der Waals surface area (Å²) in [6.45, 7) is 1.59. The van der Waals surface area contributed by atoms with Crippen LogP contribution < -0.4 is 16.4 Å². The summed E-state index contributed by atoms with van der Waals surface area (Å²) in [6, 6.07) is 0.206. The Kier molecular flexibility index (Phi) is 2.02. The van der Waals surface area contributed by atoms with Crippen molar-refractivity contribution in [2.45, 2.75) is 12.1 Å². The van der Waals surface area contributed by atoms with E-state index in [0.717, 1.165) is 13.1 Å². The highest BCUT2D eigenvalue weighted by Gasteiger charge is 2.21. The zero-order valence-electron chi connectivity index (χ0n) is 5.13. The number of carbonyl (C=O) groups is 1. The van der Waals surface area contributed by atoms with Crippen molar-refractivity contribution in [3.8, 4) is 0 Å². The van der Waals surface area contributed by atoms with Crippen molar-refractivity contribution in [1.82, 2.24) is 10.6 Å². The summed E-state index contributed by atoms with van der Waals surface area (Å²) in [4.78, 5) is 9.91. The number of rotatable bonds is 2. The van der Waals surface area contributed by atoms with Gasteiger partial charge in [-0.1, -0.05) is 0 Å². The summed E-state index contributed by atoms with van der Waals surface area (Å²) >= 11 is 0. The molecule has 0 spiro atoms. The summed E-state index contributed by atoms with van der Waals surface area (Å²) in [5.74, 6) is 0. The lowest BCUT2D eigenvalue weighted by atomic mass is 10.2. The Bertz CT molecular complexity index is 106. The molecule has 4 N–H and O–H groups in total. The molecule has 52 valence electrons. The summed E-state index contributed by atoms with van der Waals surface area (Å²) in [5, 5.41) is 5.69. The van der Waals surface area contributed by atoms with E-state index in [4.69, 9.17) is 5.73 Å². The Labute approximate surface area is 53.8 Å². The fraction of sp³-hybridized carbons (Fsp3) is 0.800. The highest BCUT2D eigenvalue weighted by molar-refractivity contribution is 5.47. The first-order valence-corrected chi connectivity index (χ1v) is 3.00. The second-order valence-corrected chi connectivity index (χ2v) is 2.21. The maximum atomic E-state index is 9.91. The van der Waals surface area contributed by atoms with Crippen molar-refractivity contribution < 1.29 is 4.79 Å². The average Bonchev–Trinajstić information content (AvgIpc) is 2.18. The van der Waals surface area contributed by atoms with Gasteiger partial charge in [-0.2, -0.15) is 0 Å². The summed E-state index contributed by atoms with van der Waals surface area (Å²) in [5.41, 5.74) is 5.58. The first-order chi connectivity index (χ1) is 4.34. The van der Waals surface area contributed by atoms with E-state index >= 15 is 0 Å². The molecule has 0 aromatic heterocycles. The largest absolute Gasteiger partial charge is 0.353 e. The minimum atomic E-state index is 0.0789. The molecule has 0 aromatic carbocycles. The van der Waals surface area contributed by atoms with E-state index in [2.05, 4.69) is 10.6 Å². The first kappa shape index (κ1) is 6.51. The van der Waals surface area contributed by atoms with Crippen molar-refractivity contribution in [1.29, 1.82) is 0 Å². The molecule has 1 amide bonds. The second-order valence-electron chi connectivity index (χ2n) is 2.21. The van der Waals surface area contributed by atoms with Crippen LogP contribution in [-0.2, 0) is 4.79 Å². The van der Waals surface area contributed by atoms with Crippen molar-refractivity contribution in [2.75, 3.05) is 13.1 Å². The average molecular weight is 129 g/mol. The minimum Gasteiger partial charge on any atom is -0.353 e. The Morgan fingerprint density at radius 1 is 1.67 bits per heavy atom.